The van der Waals surface area contributed by atoms with Gasteiger partial charge in [0, 0.05) is 21.1 Å². The monoisotopic (exact) mass is 375 g/mol. The SMILES string of the molecule is COC(=O)C(C)=CCNc1c(Br)cc(C)cc1Br. The van der Waals surface area contributed by atoms with Crippen LogP contribution in [0.25, 0.3) is 0 Å². The van der Waals surface area contributed by atoms with Gasteiger partial charge in [0.1, 0.15) is 0 Å². The summed E-state index contributed by atoms with van der Waals surface area (Å²) in [6.07, 6.45) is 1.80. The highest BCUT2D eigenvalue weighted by Gasteiger charge is 2.06. The third kappa shape index (κ3) is 4.14. The number of anilines is 1. The summed E-state index contributed by atoms with van der Waals surface area (Å²) in [7, 11) is 1.38. The smallest absolute Gasteiger partial charge is 0.333 e. The van der Waals surface area contributed by atoms with Crippen molar-refractivity contribution < 1.29 is 9.53 Å². The van der Waals surface area contributed by atoms with Gasteiger partial charge in [-0.05, 0) is 63.4 Å². The van der Waals surface area contributed by atoms with Crippen LogP contribution in [0.1, 0.15) is 12.5 Å². The van der Waals surface area contributed by atoms with Crippen molar-refractivity contribution in [3.05, 3.63) is 38.3 Å². The molecule has 3 nitrogen and oxygen atoms in total. The molecule has 0 bridgehead atoms. The van der Waals surface area contributed by atoms with E-state index in [-0.39, 0.29) is 5.97 Å². The van der Waals surface area contributed by atoms with Crippen molar-refractivity contribution in [3.63, 3.8) is 0 Å². The molecule has 0 heterocycles. The van der Waals surface area contributed by atoms with Gasteiger partial charge in [-0.3, -0.25) is 0 Å². The first kappa shape index (κ1) is 15.2. The quantitative estimate of drug-likeness (QED) is 0.636. The Kier molecular flexibility index (Phi) is 5.88. The molecule has 0 amide bonds. The molecule has 0 atom stereocenters. The molecule has 1 rings (SSSR count). The number of benzene rings is 1. The summed E-state index contributed by atoms with van der Waals surface area (Å²) in [5.41, 5.74) is 2.72. The molecule has 18 heavy (non-hydrogen) atoms. The Morgan fingerprint density at radius 1 is 1.39 bits per heavy atom. The van der Waals surface area contributed by atoms with Gasteiger partial charge in [0.2, 0.25) is 0 Å². The second kappa shape index (κ2) is 6.95. The van der Waals surface area contributed by atoms with Gasteiger partial charge in [0.25, 0.3) is 0 Å². The zero-order valence-corrected chi connectivity index (χ0v) is 13.7. The van der Waals surface area contributed by atoms with Gasteiger partial charge >= 0.3 is 5.97 Å². The Morgan fingerprint density at radius 2 is 1.94 bits per heavy atom. The maximum absolute atomic E-state index is 11.2. The normalized spacial score (nSPS) is 11.3. The van der Waals surface area contributed by atoms with Crippen LogP contribution in [-0.4, -0.2) is 19.6 Å². The third-order valence-electron chi connectivity index (χ3n) is 2.38. The molecule has 1 aromatic rings. The highest BCUT2D eigenvalue weighted by Crippen LogP contribution is 2.32. The number of aryl methyl sites for hydroxylation is 1. The minimum atomic E-state index is -0.307. The maximum atomic E-state index is 11.2. The average Bonchev–Trinajstić information content (AvgIpc) is 2.31. The fraction of sp³-hybridized carbons (Fsp3) is 0.308. The van der Waals surface area contributed by atoms with Gasteiger partial charge in [-0.1, -0.05) is 6.08 Å². The Labute approximate surface area is 124 Å². The molecular formula is C13H15Br2NO2. The number of carbonyl (C=O) groups excluding carboxylic acids is 1. The number of halogens is 2. The summed E-state index contributed by atoms with van der Waals surface area (Å²) in [5, 5.41) is 3.24. The van der Waals surface area contributed by atoms with E-state index in [1.165, 1.54) is 12.7 Å². The summed E-state index contributed by atoms with van der Waals surface area (Å²) >= 11 is 7.01. The molecule has 0 saturated carbocycles. The number of carbonyl (C=O) groups is 1. The van der Waals surface area contributed by atoms with Crippen molar-refractivity contribution in [2.45, 2.75) is 13.8 Å². The van der Waals surface area contributed by atoms with Gasteiger partial charge in [0.05, 0.1) is 12.8 Å². The fourth-order valence-electron chi connectivity index (χ4n) is 1.42. The van der Waals surface area contributed by atoms with Crippen LogP contribution in [0.3, 0.4) is 0 Å². The van der Waals surface area contributed by atoms with Crippen LogP contribution in [0.4, 0.5) is 5.69 Å². The van der Waals surface area contributed by atoms with Crippen molar-refractivity contribution in [1.82, 2.24) is 0 Å². The molecule has 0 fully saturated rings. The molecule has 0 aliphatic heterocycles. The molecule has 1 N–H and O–H groups in total. The van der Waals surface area contributed by atoms with Crippen LogP contribution in [-0.2, 0) is 9.53 Å². The molecule has 0 spiro atoms. The van der Waals surface area contributed by atoms with Crippen LogP contribution in [0, 0.1) is 6.92 Å². The van der Waals surface area contributed by atoms with Crippen molar-refractivity contribution >= 4 is 43.5 Å². The third-order valence-corrected chi connectivity index (χ3v) is 3.63. The van der Waals surface area contributed by atoms with Crippen molar-refractivity contribution in [1.29, 1.82) is 0 Å². The van der Waals surface area contributed by atoms with E-state index in [0.29, 0.717) is 12.1 Å². The molecule has 0 saturated heterocycles. The Hall–Kier alpha value is -0.810. The first-order valence-corrected chi connectivity index (χ1v) is 6.99. The minimum Gasteiger partial charge on any atom is -0.466 e. The lowest BCUT2D eigenvalue weighted by atomic mass is 10.2. The van der Waals surface area contributed by atoms with Crippen LogP contribution >= 0.6 is 31.9 Å². The molecule has 0 aliphatic carbocycles. The number of esters is 1. The zero-order chi connectivity index (χ0) is 13.7. The van der Waals surface area contributed by atoms with E-state index in [1.807, 2.05) is 19.1 Å². The number of nitrogens with one attached hydrogen (secondary N) is 1. The lowest BCUT2D eigenvalue weighted by Crippen LogP contribution is -2.06. The summed E-state index contributed by atoms with van der Waals surface area (Å²) in [5.74, 6) is -0.307. The Bertz CT molecular complexity index is 461. The molecule has 0 aliphatic rings. The largest absolute Gasteiger partial charge is 0.466 e. The predicted molar refractivity (Wildman–Crippen MR) is 80.8 cm³/mol. The predicted octanol–water partition coefficient (Wildman–Crippen LogP) is 4.05. The van der Waals surface area contributed by atoms with E-state index < -0.39 is 0 Å². The summed E-state index contributed by atoms with van der Waals surface area (Å²) in [4.78, 5) is 11.2. The van der Waals surface area contributed by atoms with E-state index >= 15 is 0 Å². The summed E-state index contributed by atoms with van der Waals surface area (Å²) in [6, 6.07) is 4.06. The van der Waals surface area contributed by atoms with Crippen LogP contribution < -0.4 is 5.32 Å². The second-order valence-corrected chi connectivity index (χ2v) is 5.57. The fourth-order valence-corrected chi connectivity index (χ4v) is 3.11. The first-order chi connectivity index (χ1) is 8.45. The minimum absolute atomic E-state index is 0.307. The molecular weight excluding hydrogens is 362 g/mol. The molecule has 98 valence electrons. The molecule has 0 radical (unpaired) electrons. The van der Waals surface area contributed by atoms with Gasteiger partial charge in [-0.2, -0.15) is 0 Å². The van der Waals surface area contributed by atoms with E-state index in [2.05, 4.69) is 41.9 Å². The molecule has 0 aromatic heterocycles. The molecule has 0 unspecified atom stereocenters. The van der Waals surface area contributed by atoms with E-state index in [0.717, 1.165) is 14.6 Å². The maximum Gasteiger partial charge on any atom is 0.333 e. The topological polar surface area (TPSA) is 38.3 Å². The lowest BCUT2D eigenvalue weighted by molar-refractivity contribution is -0.136. The van der Waals surface area contributed by atoms with Crippen molar-refractivity contribution in [3.8, 4) is 0 Å². The number of ether oxygens (including phenoxy) is 1. The Balaban J connectivity index is 2.73. The average molecular weight is 377 g/mol. The van der Waals surface area contributed by atoms with E-state index in [1.54, 1.807) is 13.0 Å². The zero-order valence-electron chi connectivity index (χ0n) is 10.5. The van der Waals surface area contributed by atoms with E-state index in [9.17, 15) is 4.79 Å². The highest BCUT2D eigenvalue weighted by molar-refractivity contribution is 9.11. The highest BCUT2D eigenvalue weighted by atomic mass is 79.9. The standard InChI is InChI=1S/C13H15Br2NO2/c1-8-6-10(14)12(11(15)7-8)16-5-4-9(2)13(17)18-3/h4,6-7,16H,5H2,1-3H3. The second-order valence-electron chi connectivity index (χ2n) is 3.86. The van der Waals surface area contributed by atoms with Crippen molar-refractivity contribution in [2.24, 2.45) is 0 Å². The van der Waals surface area contributed by atoms with Gasteiger partial charge < -0.3 is 10.1 Å². The van der Waals surface area contributed by atoms with Crippen LogP contribution in [0.15, 0.2) is 32.7 Å². The van der Waals surface area contributed by atoms with Gasteiger partial charge in [-0.25, -0.2) is 4.79 Å². The number of hydrogen-bond acceptors (Lipinski definition) is 3. The van der Waals surface area contributed by atoms with Crippen LogP contribution in [0.5, 0.6) is 0 Å². The number of methoxy groups -OCH3 is 1. The molecule has 1 aromatic carbocycles. The van der Waals surface area contributed by atoms with Gasteiger partial charge in [0.15, 0.2) is 0 Å². The summed E-state index contributed by atoms with van der Waals surface area (Å²) < 4.78 is 6.59. The van der Waals surface area contributed by atoms with Crippen LogP contribution in [0.2, 0.25) is 0 Å². The summed E-state index contributed by atoms with van der Waals surface area (Å²) in [6.45, 7) is 4.31. The van der Waals surface area contributed by atoms with Gasteiger partial charge in [-0.15, -0.1) is 0 Å². The number of rotatable bonds is 4. The van der Waals surface area contributed by atoms with E-state index in [4.69, 9.17) is 0 Å². The lowest BCUT2D eigenvalue weighted by Gasteiger charge is -2.10. The Morgan fingerprint density at radius 3 is 2.44 bits per heavy atom. The number of hydrogen-bond donors (Lipinski definition) is 1. The molecule has 5 heteroatoms. The van der Waals surface area contributed by atoms with Crippen molar-refractivity contribution in [2.75, 3.05) is 19.0 Å². The first-order valence-electron chi connectivity index (χ1n) is 5.40.